The first-order chi connectivity index (χ1) is 12.7. The second-order valence-electron chi connectivity index (χ2n) is 6.26. The van der Waals surface area contributed by atoms with Crippen molar-refractivity contribution in [2.45, 2.75) is 19.3 Å². The monoisotopic (exact) mass is 349 g/mol. The predicted molar refractivity (Wildman–Crippen MR) is 96.9 cm³/mol. The second kappa shape index (κ2) is 6.67. The normalized spacial score (nSPS) is 19.4. The minimum Gasteiger partial charge on any atom is -0.494 e. The van der Waals surface area contributed by atoms with E-state index in [-0.39, 0.29) is 30.8 Å². The van der Waals surface area contributed by atoms with E-state index in [0.29, 0.717) is 17.9 Å². The van der Waals surface area contributed by atoms with Crippen LogP contribution in [0.3, 0.4) is 0 Å². The van der Waals surface area contributed by atoms with Crippen molar-refractivity contribution in [2.75, 3.05) is 18.1 Å². The molecule has 1 atom stereocenters. The maximum absolute atomic E-state index is 12.9. The molecule has 0 bridgehead atoms. The number of benzene rings is 2. The van der Waals surface area contributed by atoms with Crippen LogP contribution in [0.2, 0.25) is 0 Å². The van der Waals surface area contributed by atoms with E-state index >= 15 is 0 Å². The number of hydrogen-bond acceptors (Lipinski definition) is 4. The summed E-state index contributed by atoms with van der Waals surface area (Å²) in [5.74, 6) is 0.107. The first-order valence-electron chi connectivity index (χ1n) is 8.70. The van der Waals surface area contributed by atoms with Crippen LogP contribution in [0.5, 0.6) is 5.75 Å². The van der Waals surface area contributed by atoms with Gasteiger partial charge in [0.1, 0.15) is 12.4 Å². The molecule has 0 N–H and O–H groups in total. The molecule has 0 saturated heterocycles. The molecule has 26 heavy (non-hydrogen) atoms. The number of carbonyl (C=O) groups is 2. The molecule has 5 heteroatoms. The molecule has 2 aromatic rings. The number of nitrogens with zero attached hydrogens (tertiary/aromatic N) is 1. The highest BCUT2D eigenvalue weighted by molar-refractivity contribution is 6.06. The zero-order chi connectivity index (χ0) is 18.1. The van der Waals surface area contributed by atoms with Crippen molar-refractivity contribution in [3.8, 4) is 5.75 Å². The van der Waals surface area contributed by atoms with E-state index < -0.39 is 0 Å². The fourth-order valence-electron chi connectivity index (χ4n) is 3.58. The van der Waals surface area contributed by atoms with Gasteiger partial charge in [-0.2, -0.15) is 0 Å². The quantitative estimate of drug-likeness (QED) is 0.794. The molecule has 5 nitrogen and oxygen atoms in total. The Hall–Kier alpha value is -3.08. The van der Waals surface area contributed by atoms with Crippen LogP contribution in [0.1, 0.15) is 24.8 Å². The van der Waals surface area contributed by atoms with Crippen molar-refractivity contribution in [2.24, 2.45) is 0 Å². The van der Waals surface area contributed by atoms with E-state index in [1.165, 1.54) is 0 Å². The third-order valence-corrected chi connectivity index (χ3v) is 4.73. The molecule has 0 unspecified atom stereocenters. The maximum Gasteiger partial charge on any atom is 0.336 e. The van der Waals surface area contributed by atoms with Crippen LogP contribution in [-0.2, 0) is 14.3 Å². The Labute approximate surface area is 151 Å². The Morgan fingerprint density at radius 3 is 2.50 bits per heavy atom. The summed E-state index contributed by atoms with van der Waals surface area (Å²) in [5.41, 5.74) is 2.91. The number of carbonyl (C=O) groups excluding carboxylic acids is 2. The lowest BCUT2D eigenvalue weighted by Crippen LogP contribution is -2.37. The van der Waals surface area contributed by atoms with E-state index in [1.54, 1.807) is 4.90 Å². The molecule has 0 saturated carbocycles. The number of hydrogen-bond donors (Lipinski definition) is 0. The van der Waals surface area contributed by atoms with Gasteiger partial charge in [-0.05, 0) is 36.8 Å². The van der Waals surface area contributed by atoms with Gasteiger partial charge in [0.15, 0.2) is 0 Å². The number of rotatable bonds is 4. The molecule has 0 radical (unpaired) electrons. The summed E-state index contributed by atoms with van der Waals surface area (Å²) in [5, 5.41) is 0. The van der Waals surface area contributed by atoms with Crippen molar-refractivity contribution < 1.29 is 19.1 Å². The number of para-hydroxylation sites is 1. The molecule has 132 valence electrons. The minimum absolute atomic E-state index is 0.0351. The summed E-state index contributed by atoms with van der Waals surface area (Å²) in [6.45, 7) is 2.65. The minimum atomic E-state index is -0.340. The van der Waals surface area contributed by atoms with Gasteiger partial charge in [-0.25, -0.2) is 4.79 Å². The number of amides is 1. The maximum atomic E-state index is 12.9. The summed E-state index contributed by atoms with van der Waals surface area (Å²) in [6, 6.07) is 16.9. The summed E-state index contributed by atoms with van der Waals surface area (Å²) in [4.78, 5) is 26.9. The van der Waals surface area contributed by atoms with Crippen LogP contribution in [0.25, 0.3) is 0 Å². The Balaban J connectivity index is 1.75. The van der Waals surface area contributed by atoms with Crippen LogP contribution < -0.4 is 9.64 Å². The number of cyclic esters (lactones) is 1. The standard InChI is InChI=1S/C21H19NO4/c1-2-25-16-10-8-14(9-11-16)17-12-19(23)22(15-6-4-3-5-7-15)18-13-26-21(24)20(17)18/h3-11,17H,2,12-13H2,1H3/t17-/m0/s1. The van der Waals surface area contributed by atoms with E-state index in [1.807, 2.05) is 61.5 Å². The zero-order valence-electron chi connectivity index (χ0n) is 14.5. The Kier molecular flexibility index (Phi) is 4.21. The van der Waals surface area contributed by atoms with Gasteiger partial charge in [0.25, 0.3) is 0 Å². The van der Waals surface area contributed by atoms with Gasteiger partial charge in [-0.3, -0.25) is 9.69 Å². The Morgan fingerprint density at radius 2 is 1.81 bits per heavy atom. The number of ether oxygens (including phenoxy) is 2. The van der Waals surface area contributed by atoms with Gasteiger partial charge in [0.05, 0.1) is 17.9 Å². The molecule has 0 aliphatic carbocycles. The predicted octanol–water partition coefficient (Wildman–Crippen LogP) is 3.42. The lowest BCUT2D eigenvalue weighted by Gasteiger charge is -2.31. The fourth-order valence-corrected chi connectivity index (χ4v) is 3.58. The van der Waals surface area contributed by atoms with Crippen LogP contribution in [0.15, 0.2) is 65.9 Å². The first-order valence-corrected chi connectivity index (χ1v) is 8.70. The molecule has 4 rings (SSSR count). The lowest BCUT2D eigenvalue weighted by atomic mass is 9.84. The SMILES string of the molecule is CCOc1ccc([C@@H]2CC(=O)N(c3ccccc3)C3=C2C(=O)OC3)cc1. The lowest BCUT2D eigenvalue weighted by molar-refractivity contribution is -0.136. The van der Waals surface area contributed by atoms with Crippen molar-refractivity contribution in [3.63, 3.8) is 0 Å². The van der Waals surface area contributed by atoms with Crippen LogP contribution >= 0.6 is 0 Å². The Morgan fingerprint density at radius 1 is 1.08 bits per heavy atom. The summed E-state index contributed by atoms with van der Waals surface area (Å²) >= 11 is 0. The van der Waals surface area contributed by atoms with E-state index in [4.69, 9.17) is 9.47 Å². The Bertz CT molecular complexity index is 871. The van der Waals surface area contributed by atoms with Gasteiger partial charge in [0.2, 0.25) is 5.91 Å². The molecule has 2 aliphatic heterocycles. The number of esters is 1. The van der Waals surface area contributed by atoms with E-state index in [0.717, 1.165) is 17.0 Å². The van der Waals surface area contributed by atoms with Crippen LogP contribution in [-0.4, -0.2) is 25.1 Å². The third kappa shape index (κ3) is 2.75. The van der Waals surface area contributed by atoms with Gasteiger partial charge in [0, 0.05) is 18.0 Å². The molecule has 1 amide bonds. The van der Waals surface area contributed by atoms with Gasteiger partial charge in [-0.15, -0.1) is 0 Å². The van der Waals surface area contributed by atoms with Gasteiger partial charge < -0.3 is 9.47 Å². The average molecular weight is 349 g/mol. The summed E-state index contributed by atoms with van der Waals surface area (Å²) in [7, 11) is 0. The molecule has 0 spiro atoms. The summed E-state index contributed by atoms with van der Waals surface area (Å²) in [6.07, 6.45) is 0.233. The topological polar surface area (TPSA) is 55.8 Å². The van der Waals surface area contributed by atoms with Crippen LogP contribution in [0, 0.1) is 0 Å². The highest BCUT2D eigenvalue weighted by Crippen LogP contribution is 2.42. The van der Waals surface area contributed by atoms with E-state index in [2.05, 4.69) is 0 Å². The van der Waals surface area contributed by atoms with Crippen molar-refractivity contribution in [3.05, 3.63) is 71.4 Å². The highest BCUT2D eigenvalue weighted by Gasteiger charge is 2.42. The first kappa shape index (κ1) is 16.4. The second-order valence-corrected chi connectivity index (χ2v) is 6.26. The largest absolute Gasteiger partial charge is 0.494 e. The van der Waals surface area contributed by atoms with Crippen molar-refractivity contribution in [1.29, 1.82) is 0 Å². The number of anilines is 1. The molecular weight excluding hydrogens is 330 g/mol. The van der Waals surface area contributed by atoms with E-state index in [9.17, 15) is 9.59 Å². The average Bonchev–Trinajstić information content (AvgIpc) is 3.04. The van der Waals surface area contributed by atoms with Gasteiger partial charge in [-0.1, -0.05) is 30.3 Å². The third-order valence-electron chi connectivity index (χ3n) is 4.73. The zero-order valence-corrected chi connectivity index (χ0v) is 14.5. The van der Waals surface area contributed by atoms with Crippen molar-refractivity contribution in [1.82, 2.24) is 0 Å². The molecular formula is C21H19NO4. The van der Waals surface area contributed by atoms with Crippen molar-refractivity contribution >= 4 is 17.6 Å². The molecule has 0 aromatic heterocycles. The van der Waals surface area contributed by atoms with Gasteiger partial charge >= 0.3 is 5.97 Å². The molecule has 2 aliphatic rings. The fraction of sp³-hybridized carbons (Fsp3) is 0.238. The molecule has 2 aromatic carbocycles. The van der Waals surface area contributed by atoms with Crippen LogP contribution in [0.4, 0.5) is 5.69 Å². The molecule has 0 fully saturated rings. The molecule has 2 heterocycles. The highest BCUT2D eigenvalue weighted by atomic mass is 16.5. The smallest absolute Gasteiger partial charge is 0.336 e. The summed E-state index contributed by atoms with van der Waals surface area (Å²) < 4.78 is 10.8.